The maximum atomic E-state index is 13.1. The highest BCUT2D eigenvalue weighted by Crippen LogP contribution is 2.32. The molecule has 1 unspecified atom stereocenters. The Bertz CT molecular complexity index is 1210. The number of nitrogens with zero attached hydrogens (tertiary/aromatic N) is 1. The standard InChI is InChI=1S/C25H26N2O4S/c1-3-19-8-12-22(13-9-19)31-18(2)25(28)26-21-10-14-23(15-11-21)32(29,30)27-17-16-20-6-4-5-7-24(20)27/h4-15,18H,3,16-17H2,1-2H3,(H,26,28). The van der Waals surface area contributed by atoms with E-state index in [9.17, 15) is 13.2 Å². The molecule has 0 aliphatic carbocycles. The van der Waals surface area contributed by atoms with Crippen LogP contribution in [0, 0.1) is 0 Å². The van der Waals surface area contributed by atoms with E-state index in [0.717, 1.165) is 17.7 Å². The van der Waals surface area contributed by atoms with Gasteiger partial charge in [-0.2, -0.15) is 0 Å². The average Bonchev–Trinajstić information content (AvgIpc) is 3.25. The van der Waals surface area contributed by atoms with Crippen molar-refractivity contribution in [3.05, 3.63) is 83.9 Å². The molecule has 7 heteroatoms. The molecule has 0 bridgehead atoms. The molecule has 0 saturated carbocycles. The Kier molecular flexibility index (Phi) is 6.19. The zero-order valence-electron chi connectivity index (χ0n) is 18.1. The van der Waals surface area contributed by atoms with Gasteiger partial charge in [0, 0.05) is 12.2 Å². The van der Waals surface area contributed by atoms with Crippen LogP contribution in [0.4, 0.5) is 11.4 Å². The Balaban J connectivity index is 1.41. The van der Waals surface area contributed by atoms with Crippen molar-refractivity contribution in [2.45, 2.75) is 37.7 Å². The molecule has 3 aromatic rings. The molecule has 166 valence electrons. The number of hydrogen-bond donors (Lipinski definition) is 1. The highest BCUT2D eigenvalue weighted by Gasteiger charge is 2.30. The van der Waals surface area contributed by atoms with Crippen LogP contribution in [0.5, 0.6) is 5.75 Å². The van der Waals surface area contributed by atoms with E-state index < -0.39 is 16.1 Å². The van der Waals surface area contributed by atoms with Crippen LogP contribution in [0.2, 0.25) is 0 Å². The number of para-hydroxylation sites is 1. The Labute approximate surface area is 188 Å². The van der Waals surface area contributed by atoms with Gasteiger partial charge in [0.05, 0.1) is 10.6 Å². The molecule has 1 aliphatic rings. The number of fused-ring (bicyclic) bond motifs is 1. The van der Waals surface area contributed by atoms with Crippen LogP contribution in [0.25, 0.3) is 0 Å². The summed E-state index contributed by atoms with van der Waals surface area (Å²) in [7, 11) is -3.66. The third-order valence-electron chi connectivity index (χ3n) is 5.57. The highest BCUT2D eigenvalue weighted by molar-refractivity contribution is 7.92. The van der Waals surface area contributed by atoms with E-state index in [-0.39, 0.29) is 10.8 Å². The predicted molar refractivity (Wildman–Crippen MR) is 126 cm³/mol. The van der Waals surface area contributed by atoms with Crippen molar-refractivity contribution in [2.75, 3.05) is 16.2 Å². The molecule has 0 saturated heterocycles. The van der Waals surface area contributed by atoms with Gasteiger partial charge in [-0.3, -0.25) is 9.10 Å². The van der Waals surface area contributed by atoms with Gasteiger partial charge in [0.15, 0.2) is 6.10 Å². The van der Waals surface area contributed by atoms with E-state index in [4.69, 9.17) is 4.74 Å². The number of anilines is 2. The summed E-state index contributed by atoms with van der Waals surface area (Å²) < 4.78 is 33.4. The lowest BCUT2D eigenvalue weighted by Crippen LogP contribution is -2.30. The van der Waals surface area contributed by atoms with E-state index in [0.29, 0.717) is 24.4 Å². The molecule has 0 aromatic heterocycles. The van der Waals surface area contributed by atoms with Crippen LogP contribution in [-0.2, 0) is 27.7 Å². The molecule has 0 radical (unpaired) electrons. The van der Waals surface area contributed by atoms with Crippen molar-refractivity contribution in [3.63, 3.8) is 0 Å². The van der Waals surface area contributed by atoms with Crippen molar-refractivity contribution >= 4 is 27.3 Å². The number of rotatable bonds is 7. The van der Waals surface area contributed by atoms with E-state index in [1.165, 1.54) is 22.0 Å². The fraction of sp³-hybridized carbons (Fsp3) is 0.240. The molecule has 3 aromatic carbocycles. The first-order valence-corrected chi connectivity index (χ1v) is 12.1. The van der Waals surface area contributed by atoms with Crippen molar-refractivity contribution in [1.29, 1.82) is 0 Å². The van der Waals surface area contributed by atoms with Gasteiger partial charge < -0.3 is 10.1 Å². The van der Waals surface area contributed by atoms with Crippen LogP contribution in [0.1, 0.15) is 25.0 Å². The number of nitrogens with one attached hydrogen (secondary N) is 1. The van der Waals surface area contributed by atoms with Crippen molar-refractivity contribution in [3.8, 4) is 5.75 Å². The summed E-state index contributed by atoms with van der Waals surface area (Å²) in [4.78, 5) is 12.7. The fourth-order valence-electron chi connectivity index (χ4n) is 3.70. The lowest BCUT2D eigenvalue weighted by atomic mass is 10.2. The predicted octanol–water partition coefficient (Wildman–Crippen LogP) is 4.41. The van der Waals surface area contributed by atoms with Gasteiger partial charge in [0.25, 0.3) is 15.9 Å². The molecular formula is C25H26N2O4S. The van der Waals surface area contributed by atoms with Crippen molar-refractivity contribution in [2.24, 2.45) is 0 Å². The minimum Gasteiger partial charge on any atom is -0.481 e. The summed E-state index contributed by atoms with van der Waals surface area (Å²) in [5, 5.41) is 2.78. The SMILES string of the molecule is CCc1ccc(OC(C)C(=O)Nc2ccc(S(=O)(=O)N3CCc4ccccc43)cc2)cc1. The number of sulfonamides is 1. The van der Waals surface area contributed by atoms with Crippen LogP contribution in [0.15, 0.2) is 77.7 Å². The van der Waals surface area contributed by atoms with Crippen LogP contribution >= 0.6 is 0 Å². The number of carbonyl (C=O) groups excluding carboxylic acids is 1. The van der Waals surface area contributed by atoms with Crippen LogP contribution in [0.3, 0.4) is 0 Å². The molecular weight excluding hydrogens is 424 g/mol. The van der Waals surface area contributed by atoms with Gasteiger partial charge in [-0.1, -0.05) is 37.3 Å². The van der Waals surface area contributed by atoms with Crippen molar-refractivity contribution < 1.29 is 17.9 Å². The molecule has 1 N–H and O–H groups in total. The molecule has 1 heterocycles. The summed E-state index contributed by atoms with van der Waals surface area (Å²) in [6, 6.07) is 21.4. The normalized spacial score (nSPS) is 14.0. The smallest absolute Gasteiger partial charge is 0.265 e. The zero-order chi connectivity index (χ0) is 22.7. The topological polar surface area (TPSA) is 75.7 Å². The summed E-state index contributed by atoms with van der Waals surface area (Å²) in [6.07, 6.45) is 0.932. The molecule has 1 atom stereocenters. The summed E-state index contributed by atoms with van der Waals surface area (Å²) in [5.74, 6) is 0.311. The maximum Gasteiger partial charge on any atom is 0.265 e. The van der Waals surface area contributed by atoms with E-state index >= 15 is 0 Å². The number of hydrogen-bond acceptors (Lipinski definition) is 4. The van der Waals surface area contributed by atoms with Gasteiger partial charge in [0.1, 0.15) is 5.75 Å². The quantitative estimate of drug-likeness (QED) is 0.579. The summed E-state index contributed by atoms with van der Waals surface area (Å²) in [5.41, 5.74) is 3.45. The lowest BCUT2D eigenvalue weighted by molar-refractivity contribution is -0.122. The minimum atomic E-state index is -3.66. The van der Waals surface area contributed by atoms with Crippen molar-refractivity contribution in [1.82, 2.24) is 0 Å². The molecule has 1 aliphatic heterocycles. The second-order valence-corrected chi connectivity index (χ2v) is 9.59. The fourth-order valence-corrected chi connectivity index (χ4v) is 5.20. The Morgan fingerprint density at radius 3 is 2.41 bits per heavy atom. The zero-order valence-corrected chi connectivity index (χ0v) is 18.9. The van der Waals surface area contributed by atoms with Gasteiger partial charge >= 0.3 is 0 Å². The number of benzene rings is 3. The number of aryl methyl sites for hydroxylation is 1. The average molecular weight is 451 g/mol. The second-order valence-electron chi connectivity index (χ2n) is 7.73. The largest absolute Gasteiger partial charge is 0.481 e. The third-order valence-corrected chi connectivity index (χ3v) is 7.40. The van der Waals surface area contributed by atoms with Gasteiger partial charge in [0.2, 0.25) is 0 Å². The van der Waals surface area contributed by atoms with E-state index in [1.807, 2.05) is 48.5 Å². The first-order chi connectivity index (χ1) is 15.4. The highest BCUT2D eigenvalue weighted by atomic mass is 32.2. The maximum absolute atomic E-state index is 13.1. The Morgan fingerprint density at radius 2 is 1.72 bits per heavy atom. The molecule has 0 spiro atoms. The number of ether oxygens (including phenoxy) is 1. The van der Waals surface area contributed by atoms with Crippen LogP contribution < -0.4 is 14.4 Å². The molecule has 0 fully saturated rings. The van der Waals surface area contributed by atoms with Gasteiger partial charge in [-0.05, 0) is 73.4 Å². The van der Waals surface area contributed by atoms with Crippen LogP contribution in [-0.4, -0.2) is 27.0 Å². The van der Waals surface area contributed by atoms with E-state index in [1.54, 1.807) is 19.1 Å². The third kappa shape index (κ3) is 4.48. The molecule has 1 amide bonds. The minimum absolute atomic E-state index is 0.188. The summed E-state index contributed by atoms with van der Waals surface area (Å²) in [6.45, 7) is 4.17. The first-order valence-electron chi connectivity index (χ1n) is 10.7. The second kappa shape index (κ2) is 9.04. The Morgan fingerprint density at radius 1 is 1.03 bits per heavy atom. The summed E-state index contributed by atoms with van der Waals surface area (Å²) >= 11 is 0. The van der Waals surface area contributed by atoms with Gasteiger partial charge in [-0.15, -0.1) is 0 Å². The number of carbonyl (C=O) groups is 1. The molecule has 6 nitrogen and oxygen atoms in total. The number of amides is 1. The Hall–Kier alpha value is -3.32. The van der Waals surface area contributed by atoms with Gasteiger partial charge in [-0.25, -0.2) is 8.42 Å². The monoisotopic (exact) mass is 450 g/mol. The molecule has 4 rings (SSSR count). The first kappa shape index (κ1) is 21.9. The van der Waals surface area contributed by atoms with E-state index in [2.05, 4.69) is 12.2 Å². The molecule has 32 heavy (non-hydrogen) atoms. The lowest BCUT2D eigenvalue weighted by Gasteiger charge is -2.20.